The Hall–Kier alpha value is -0.120. The number of hydrogen-bond acceptors (Lipinski definition) is 3. The van der Waals surface area contributed by atoms with E-state index in [-0.39, 0.29) is 0 Å². The lowest BCUT2D eigenvalue weighted by Crippen LogP contribution is -2.72. The van der Waals surface area contributed by atoms with Crippen molar-refractivity contribution in [3.63, 3.8) is 0 Å². The zero-order chi connectivity index (χ0) is 10.2. The summed E-state index contributed by atoms with van der Waals surface area (Å²) in [5.74, 6) is 0.841. The molecular weight excluding hydrogens is 174 g/mol. The van der Waals surface area contributed by atoms with E-state index in [0.717, 1.165) is 12.6 Å². The average Bonchev–Trinajstić information content (AvgIpc) is 1.98. The first-order valence-corrected chi connectivity index (χ1v) is 5.78. The summed E-state index contributed by atoms with van der Waals surface area (Å²) in [4.78, 5) is 4.92. The predicted molar refractivity (Wildman–Crippen MR) is 59.0 cm³/mol. The van der Waals surface area contributed by atoms with Crippen LogP contribution in [0.25, 0.3) is 0 Å². The molecule has 0 aromatic rings. The van der Waals surface area contributed by atoms with Crippen molar-refractivity contribution in [3.05, 3.63) is 0 Å². The monoisotopic (exact) mass is 197 g/mol. The van der Waals surface area contributed by atoms with Gasteiger partial charge in [0.05, 0.1) is 0 Å². The van der Waals surface area contributed by atoms with E-state index in [2.05, 4.69) is 23.6 Å². The summed E-state index contributed by atoms with van der Waals surface area (Å²) in [6.45, 7) is 11.7. The van der Waals surface area contributed by atoms with E-state index < -0.39 is 0 Å². The molecular formula is C11H23N3. The van der Waals surface area contributed by atoms with Crippen molar-refractivity contribution >= 4 is 0 Å². The Balaban J connectivity index is 1.61. The van der Waals surface area contributed by atoms with Gasteiger partial charge >= 0.3 is 0 Å². The van der Waals surface area contributed by atoms with Crippen molar-refractivity contribution in [1.82, 2.24) is 9.80 Å². The van der Waals surface area contributed by atoms with Crippen LogP contribution < -0.4 is 5.73 Å². The largest absolute Gasteiger partial charge is 0.318 e. The molecule has 3 nitrogen and oxygen atoms in total. The second-order valence-corrected chi connectivity index (χ2v) is 5.56. The Morgan fingerprint density at radius 2 is 1.71 bits per heavy atom. The van der Waals surface area contributed by atoms with Crippen molar-refractivity contribution in [2.24, 2.45) is 17.1 Å². The molecule has 0 aliphatic carbocycles. The van der Waals surface area contributed by atoms with Crippen LogP contribution in [0.4, 0.5) is 0 Å². The lowest BCUT2D eigenvalue weighted by atomic mass is 9.73. The van der Waals surface area contributed by atoms with Gasteiger partial charge in [-0.1, -0.05) is 13.8 Å². The van der Waals surface area contributed by atoms with E-state index in [1.165, 1.54) is 39.1 Å². The number of nitrogens with two attached hydrogens (primary N) is 1. The van der Waals surface area contributed by atoms with Crippen LogP contribution in [0.1, 0.15) is 20.3 Å². The number of nitrogens with zero attached hydrogens (tertiary/aromatic N) is 2. The summed E-state index contributed by atoms with van der Waals surface area (Å²) >= 11 is 0. The van der Waals surface area contributed by atoms with Crippen LogP contribution in [0.15, 0.2) is 0 Å². The van der Waals surface area contributed by atoms with E-state index in [0.29, 0.717) is 5.41 Å². The second-order valence-electron chi connectivity index (χ2n) is 5.56. The molecule has 0 amide bonds. The fourth-order valence-electron chi connectivity index (χ4n) is 2.73. The molecule has 2 aliphatic heterocycles. The third kappa shape index (κ3) is 1.95. The van der Waals surface area contributed by atoms with Gasteiger partial charge in [-0.25, -0.2) is 0 Å². The number of rotatable bonds is 4. The fraction of sp³-hybridized carbons (Fsp3) is 1.00. The number of hydrogen-bond donors (Lipinski definition) is 1. The Morgan fingerprint density at radius 3 is 2.21 bits per heavy atom. The van der Waals surface area contributed by atoms with Gasteiger partial charge < -0.3 is 10.6 Å². The molecule has 2 N–H and O–H groups in total. The van der Waals surface area contributed by atoms with Gasteiger partial charge in [0.2, 0.25) is 0 Å². The molecule has 14 heavy (non-hydrogen) atoms. The molecule has 0 aromatic heterocycles. The third-order valence-electron chi connectivity index (χ3n) is 3.52. The fourth-order valence-corrected chi connectivity index (χ4v) is 2.73. The highest BCUT2D eigenvalue weighted by Crippen LogP contribution is 2.38. The molecule has 0 aromatic carbocycles. The maximum Gasteiger partial charge on any atom is 0.0455 e. The van der Waals surface area contributed by atoms with E-state index >= 15 is 0 Å². The summed E-state index contributed by atoms with van der Waals surface area (Å²) in [7, 11) is 0. The maximum atomic E-state index is 5.58. The third-order valence-corrected chi connectivity index (χ3v) is 3.52. The summed E-state index contributed by atoms with van der Waals surface area (Å²) < 4.78 is 0. The molecule has 82 valence electrons. The van der Waals surface area contributed by atoms with Gasteiger partial charge in [0.25, 0.3) is 0 Å². The summed E-state index contributed by atoms with van der Waals surface area (Å²) in [5.41, 5.74) is 6.23. The molecule has 2 fully saturated rings. The van der Waals surface area contributed by atoms with Gasteiger partial charge in [0.15, 0.2) is 0 Å². The lowest BCUT2D eigenvalue weighted by molar-refractivity contribution is -0.114. The quantitative estimate of drug-likeness (QED) is 0.715. The van der Waals surface area contributed by atoms with Crippen LogP contribution in [0.2, 0.25) is 0 Å². The second kappa shape index (κ2) is 3.80. The van der Waals surface area contributed by atoms with Crippen LogP contribution in [-0.2, 0) is 0 Å². The predicted octanol–water partition coefficient (Wildman–Crippen LogP) is 0.566. The molecule has 2 aliphatic rings. The van der Waals surface area contributed by atoms with Gasteiger partial charge in [-0.2, -0.15) is 0 Å². The first-order valence-electron chi connectivity index (χ1n) is 5.78. The standard InChI is InChI=1S/C11H23N3/c1-10(2)3-4-13-5-11(6-13)7-14(8-11)9-12/h10H,3-9,12H2,1-2H3. The molecule has 0 bridgehead atoms. The van der Waals surface area contributed by atoms with E-state index in [1.807, 2.05) is 0 Å². The van der Waals surface area contributed by atoms with E-state index in [9.17, 15) is 0 Å². The van der Waals surface area contributed by atoms with Crippen LogP contribution >= 0.6 is 0 Å². The molecule has 2 rings (SSSR count). The van der Waals surface area contributed by atoms with Gasteiger partial charge in [-0.05, 0) is 18.9 Å². The zero-order valence-corrected chi connectivity index (χ0v) is 9.50. The smallest absolute Gasteiger partial charge is 0.0455 e. The van der Waals surface area contributed by atoms with Gasteiger partial charge in [-0.15, -0.1) is 0 Å². The molecule has 0 radical (unpaired) electrons. The highest BCUT2D eigenvalue weighted by Gasteiger charge is 2.50. The summed E-state index contributed by atoms with van der Waals surface area (Å²) in [6.07, 6.45) is 1.34. The first kappa shape index (κ1) is 10.4. The minimum Gasteiger partial charge on any atom is -0.318 e. The van der Waals surface area contributed by atoms with E-state index in [1.54, 1.807) is 0 Å². The van der Waals surface area contributed by atoms with Crippen LogP contribution in [0.3, 0.4) is 0 Å². The SMILES string of the molecule is CC(C)CCN1CC2(CN(CN)C2)C1. The van der Waals surface area contributed by atoms with Crippen molar-refractivity contribution in [2.75, 3.05) is 39.4 Å². The lowest BCUT2D eigenvalue weighted by Gasteiger charge is -2.60. The molecule has 3 heteroatoms. The average molecular weight is 197 g/mol. The normalized spacial score (nSPS) is 26.6. The highest BCUT2D eigenvalue weighted by molar-refractivity contribution is 5.04. The molecule has 0 unspecified atom stereocenters. The molecule has 0 atom stereocenters. The summed E-state index contributed by atoms with van der Waals surface area (Å²) in [5, 5.41) is 0. The minimum atomic E-state index is 0.649. The number of likely N-dealkylation sites (tertiary alicyclic amines) is 2. The Kier molecular flexibility index (Phi) is 2.82. The Bertz CT molecular complexity index is 189. The molecule has 1 spiro atoms. The summed E-state index contributed by atoms with van der Waals surface area (Å²) in [6, 6.07) is 0. The molecule has 0 saturated carbocycles. The zero-order valence-electron chi connectivity index (χ0n) is 9.50. The van der Waals surface area contributed by atoms with Crippen molar-refractivity contribution in [1.29, 1.82) is 0 Å². The molecule has 2 heterocycles. The van der Waals surface area contributed by atoms with Crippen molar-refractivity contribution in [3.8, 4) is 0 Å². The topological polar surface area (TPSA) is 32.5 Å². The highest BCUT2D eigenvalue weighted by atomic mass is 15.3. The van der Waals surface area contributed by atoms with Gasteiger partial charge in [0.1, 0.15) is 0 Å². The van der Waals surface area contributed by atoms with E-state index in [4.69, 9.17) is 5.73 Å². The van der Waals surface area contributed by atoms with Crippen molar-refractivity contribution in [2.45, 2.75) is 20.3 Å². The van der Waals surface area contributed by atoms with Crippen LogP contribution in [0, 0.1) is 11.3 Å². The van der Waals surface area contributed by atoms with Gasteiger partial charge in [-0.3, -0.25) is 4.90 Å². The minimum absolute atomic E-state index is 0.649. The first-order chi connectivity index (χ1) is 6.63. The maximum absolute atomic E-state index is 5.58. The Morgan fingerprint density at radius 1 is 1.14 bits per heavy atom. The Labute approximate surface area is 87.2 Å². The van der Waals surface area contributed by atoms with Crippen LogP contribution in [-0.4, -0.2) is 49.2 Å². The van der Waals surface area contributed by atoms with Crippen LogP contribution in [0.5, 0.6) is 0 Å². The van der Waals surface area contributed by atoms with Crippen molar-refractivity contribution < 1.29 is 0 Å². The molecule has 2 saturated heterocycles. The van der Waals surface area contributed by atoms with Gasteiger partial charge in [0, 0.05) is 38.3 Å².